The summed E-state index contributed by atoms with van der Waals surface area (Å²) >= 11 is 0. The molecule has 5 nitrogen and oxygen atoms in total. The Bertz CT molecular complexity index is 814. The number of likely N-dealkylation sites (tertiary alicyclic amines) is 1. The van der Waals surface area contributed by atoms with E-state index >= 15 is 0 Å². The molecule has 1 atom stereocenters. The summed E-state index contributed by atoms with van der Waals surface area (Å²) in [5, 5.41) is 6.15. The van der Waals surface area contributed by atoms with Gasteiger partial charge in [0.2, 0.25) is 11.7 Å². The molecule has 4 rings (SSSR count). The van der Waals surface area contributed by atoms with E-state index < -0.39 is 6.17 Å². The SMILES string of the molecule is FC1CCN(CCc2nc(-c3nccc4ccccc34)no2)C1. The van der Waals surface area contributed by atoms with E-state index in [2.05, 4.69) is 20.0 Å². The van der Waals surface area contributed by atoms with Crippen molar-refractivity contribution in [2.75, 3.05) is 19.6 Å². The Hall–Kier alpha value is -2.34. The van der Waals surface area contributed by atoms with Crippen molar-refractivity contribution in [3.63, 3.8) is 0 Å². The van der Waals surface area contributed by atoms with Crippen molar-refractivity contribution in [1.82, 2.24) is 20.0 Å². The molecule has 0 N–H and O–H groups in total. The number of hydrogen-bond donors (Lipinski definition) is 0. The van der Waals surface area contributed by atoms with Gasteiger partial charge >= 0.3 is 0 Å². The summed E-state index contributed by atoms with van der Waals surface area (Å²) < 4.78 is 18.5. The molecular weight excluding hydrogens is 295 g/mol. The lowest BCUT2D eigenvalue weighted by molar-refractivity contribution is 0.278. The highest BCUT2D eigenvalue weighted by Gasteiger charge is 2.22. The number of aromatic nitrogens is 3. The monoisotopic (exact) mass is 312 g/mol. The normalized spacial score (nSPS) is 18.7. The fourth-order valence-electron chi connectivity index (χ4n) is 2.99. The van der Waals surface area contributed by atoms with Crippen LogP contribution in [0.4, 0.5) is 4.39 Å². The lowest BCUT2D eigenvalue weighted by Gasteiger charge is -2.11. The van der Waals surface area contributed by atoms with Crippen molar-refractivity contribution in [3.8, 4) is 11.5 Å². The van der Waals surface area contributed by atoms with Gasteiger partial charge in [-0.25, -0.2) is 4.39 Å². The first-order valence-corrected chi connectivity index (χ1v) is 7.83. The highest BCUT2D eigenvalue weighted by molar-refractivity contribution is 5.92. The van der Waals surface area contributed by atoms with Crippen LogP contribution in [0.5, 0.6) is 0 Å². The van der Waals surface area contributed by atoms with Gasteiger partial charge in [-0.3, -0.25) is 9.88 Å². The van der Waals surface area contributed by atoms with Crippen molar-refractivity contribution in [1.29, 1.82) is 0 Å². The van der Waals surface area contributed by atoms with E-state index in [1.54, 1.807) is 6.20 Å². The molecule has 1 aliphatic heterocycles. The van der Waals surface area contributed by atoms with Crippen LogP contribution >= 0.6 is 0 Å². The van der Waals surface area contributed by atoms with Gasteiger partial charge in [-0.15, -0.1) is 0 Å². The van der Waals surface area contributed by atoms with E-state index in [1.165, 1.54) is 0 Å². The average Bonchev–Trinajstić information content (AvgIpc) is 3.21. The quantitative estimate of drug-likeness (QED) is 0.741. The van der Waals surface area contributed by atoms with Gasteiger partial charge in [0, 0.05) is 37.6 Å². The smallest absolute Gasteiger partial charge is 0.228 e. The standard InChI is InChI=1S/C17H17FN4O/c18-13-6-9-22(11-13)10-7-15-20-17(21-23-15)16-14-4-2-1-3-12(14)5-8-19-16/h1-5,8,13H,6-7,9-11H2. The molecule has 1 unspecified atom stereocenters. The first kappa shape index (κ1) is 14.3. The highest BCUT2D eigenvalue weighted by Crippen LogP contribution is 2.24. The fraction of sp³-hybridized carbons (Fsp3) is 0.353. The molecule has 1 fully saturated rings. The number of pyridine rings is 1. The molecule has 0 radical (unpaired) electrons. The maximum atomic E-state index is 13.2. The largest absolute Gasteiger partial charge is 0.339 e. The zero-order chi connectivity index (χ0) is 15.6. The van der Waals surface area contributed by atoms with Crippen molar-refractivity contribution >= 4 is 10.8 Å². The molecule has 3 heterocycles. The van der Waals surface area contributed by atoms with Crippen molar-refractivity contribution in [3.05, 3.63) is 42.4 Å². The number of halogens is 1. The minimum atomic E-state index is -0.701. The molecule has 1 aliphatic rings. The van der Waals surface area contributed by atoms with Crippen molar-refractivity contribution in [2.45, 2.75) is 19.0 Å². The summed E-state index contributed by atoms with van der Waals surface area (Å²) in [7, 11) is 0. The zero-order valence-electron chi connectivity index (χ0n) is 12.7. The van der Waals surface area contributed by atoms with E-state index in [-0.39, 0.29) is 0 Å². The third-order valence-electron chi connectivity index (χ3n) is 4.21. The summed E-state index contributed by atoms with van der Waals surface area (Å²) in [6.45, 7) is 2.05. The zero-order valence-corrected chi connectivity index (χ0v) is 12.7. The topological polar surface area (TPSA) is 55.1 Å². The lowest BCUT2D eigenvalue weighted by atomic mass is 10.1. The van der Waals surface area contributed by atoms with Crippen LogP contribution in [0, 0.1) is 0 Å². The lowest BCUT2D eigenvalue weighted by Crippen LogP contribution is -2.23. The van der Waals surface area contributed by atoms with Gasteiger partial charge in [-0.2, -0.15) is 4.98 Å². The average molecular weight is 312 g/mol. The number of fused-ring (bicyclic) bond motifs is 1. The van der Waals surface area contributed by atoms with Gasteiger partial charge in [0.05, 0.1) is 0 Å². The molecule has 0 bridgehead atoms. The first-order valence-electron chi connectivity index (χ1n) is 7.83. The van der Waals surface area contributed by atoms with Crippen LogP contribution in [0.2, 0.25) is 0 Å². The van der Waals surface area contributed by atoms with Crippen LogP contribution in [-0.4, -0.2) is 45.8 Å². The second-order valence-electron chi connectivity index (χ2n) is 5.83. The van der Waals surface area contributed by atoms with Gasteiger partial charge in [-0.1, -0.05) is 29.4 Å². The summed E-state index contributed by atoms with van der Waals surface area (Å²) in [6.07, 6.45) is 2.30. The number of alkyl halides is 1. The Kier molecular flexibility index (Phi) is 3.75. The highest BCUT2D eigenvalue weighted by atomic mass is 19.1. The molecule has 0 aliphatic carbocycles. The van der Waals surface area contributed by atoms with Crippen LogP contribution in [0.15, 0.2) is 41.1 Å². The molecule has 0 spiro atoms. The molecule has 2 aromatic heterocycles. The van der Waals surface area contributed by atoms with E-state index in [1.807, 2.05) is 30.3 Å². The molecular formula is C17H17FN4O. The van der Waals surface area contributed by atoms with E-state index in [9.17, 15) is 4.39 Å². The maximum absolute atomic E-state index is 13.2. The summed E-state index contributed by atoms with van der Waals surface area (Å²) in [5.74, 6) is 1.07. The van der Waals surface area contributed by atoms with Crippen LogP contribution in [0.3, 0.4) is 0 Å². The van der Waals surface area contributed by atoms with Crippen molar-refractivity contribution in [2.24, 2.45) is 0 Å². The number of hydrogen-bond acceptors (Lipinski definition) is 5. The molecule has 6 heteroatoms. The molecule has 3 aromatic rings. The summed E-state index contributed by atoms with van der Waals surface area (Å²) in [6, 6.07) is 9.94. The van der Waals surface area contributed by atoms with E-state index in [0.717, 1.165) is 29.6 Å². The predicted molar refractivity (Wildman–Crippen MR) is 84.7 cm³/mol. The molecule has 23 heavy (non-hydrogen) atoms. The Morgan fingerprint density at radius 1 is 1.26 bits per heavy atom. The van der Waals surface area contributed by atoms with Crippen LogP contribution in [0.25, 0.3) is 22.3 Å². The van der Waals surface area contributed by atoms with Gasteiger partial charge in [0.15, 0.2) is 0 Å². The van der Waals surface area contributed by atoms with Crippen LogP contribution in [0.1, 0.15) is 12.3 Å². The first-order chi connectivity index (χ1) is 11.3. The second kappa shape index (κ2) is 6.04. The van der Waals surface area contributed by atoms with E-state index in [4.69, 9.17) is 4.52 Å². The molecule has 1 saturated heterocycles. The summed E-state index contributed by atoms with van der Waals surface area (Å²) in [4.78, 5) is 10.9. The minimum absolute atomic E-state index is 0.501. The Labute approximate surface area is 133 Å². The minimum Gasteiger partial charge on any atom is -0.339 e. The number of rotatable bonds is 4. The third-order valence-corrected chi connectivity index (χ3v) is 4.21. The predicted octanol–water partition coefficient (Wildman–Crippen LogP) is 2.87. The maximum Gasteiger partial charge on any atom is 0.228 e. The molecule has 0 amide bonds. The molecule has 1 aromatic carbocycles. The Morgan fingerprint density at radius 3 is 3.04 bits per heavy atom. The molecule has 118 valence electrons. The fourth-order valence-corrected chi connectivity index (χ4v) is 2.99. The van der Waals surface area contributed by atoms with E-state index in [0.29, 0.717) is 31.1 Å². The van der Waals surface area contributed by atoms with Crippen LogP contribution < -0.4 is 0 Å². The van der Waals surface area contributed by atoms with Gasteiger partial charge in [-0.05, 0) is 17.9 Å². The van der Waals surface area contributed by atoms with Crippen molar-refractivity contribution < 1.29 is 8.91 Å². The number of nitrogens with zero attached hydrogens (tertiary/aromatic N) is 4. The Balaban J connectivity index is 1.53. The third kappa shape index (κ3) is 2.94. The Morgan fingerprint density at radius 2 is 2.17 bits per heavy atom. The van der Waals surface area contributed by atoms with Crippen LogP contribution in [-0.2, 0) is 6.42 Å². The van der Waals surface area contributed by atoms with Gasteiger partial charge in [0.1, 0.15) is 11.9 Å². The van der Waals surface area contributed by atoms with Gasteiger partial charge < -0.3 is 4.52 Å². The van der Waals surface area contributed by atoms with Gasteiger partial charge in [0.25, 0.3) is 0 Å². The summed E-state index contributed by atoms with van der Waals surface area (Å²) in [5.41, 5.74) is 0.725. The second-order valence-corrected chi connectivity index (χ2v) is 5.83. The molecule has 0 saturated carbocycles. The number of benzene rings is 1.